The number of carbonyl (C=O) groups excluding carboxylic acids is 1. The zero-order chi connectivity index (χ0) is 21.3. The summed E-state index contributed by atoms with van der Waals surface area (Å²) >= 11 is 0. The normalized spacial score (nSPS) is 10.8. The van der Waals surface area contributed by atoms with Gasteiger partial charge in [0.1, 0.15) is 5.82 Å². The fraction of sp³-hybridized carbons (Fsp3) is 0.130. The van der Waals surface area contributed by atoms with Gasteiger partial charge in [0.25, 0.3) is 0 Å². The van der Waals surface area contributed by atoms with Crippen molar-refractivity contribution >= 4 is 50.6 Å². The Hall–Kier alpha value is -3.87. The Morgan fingerprint density at radius 2 is 1.87 bits per heavy atom. The molecule has 6 nitrogen and oxygen atoms in total. The second-order valence-electron chi connectivity index (χ2n) is 6.87. The average molecular weight is 404 g/mol. The van der Waals surface area contributed by atoms with Crippen LogP contribution in [0.25, 0.3) is 21.8 Å². The standard InChI is InChI=1S/C23H21FN4O2/c1-13-5-4-6-17-21(13)28-19-11-14(24)7-9-16(19)22(17)27-18-10-8-15(12-20(18)25-2)26-23(29)30-3/h4-12,25H,1-3H3,(H,26,29)(H,27,28). The van der Waals surface area contributed by atoms with Crippen molar-refractivity contribution in [1.82, 2.24) is 4.98 Å². The number of carbonyl (C=O) groups is 1. The molecule has 3 N–H and O–H groups in total. The first-order valence-electron chi connectivity index (χ1n) is 9.42. The van der Waals surface area contributed by atoms with E-state index in [1.54, 1.807) is 25.2 Å². The zero-order valence-electron chi connectivity index (χ0n) is 16.8. The number of para-hydroxylation sites is 1. The third kappa shape index (κ3) is 3.57. The van der Waals surface area contributed by atoms with Gasteiger partial charge in [-0.2, -0.15) is 0 Å². The van der Waals surface area contributed by atoms with Gasteiger partial charge < -0.3 is 15.4 Å². The molecule has 0 spiro atoms. The summed E-state index contributed by atoms with van der Waals surface area (Å²) in [6, 6.07) is 16.0. The van der Waals surface area contributed by atoms with Gasteiger partial charge in [-0.3, -0.25) is 5.32 Å². The molecule has 30 heavy (non-hydrogen) atoms. The van der Waals surface area contributed by atoms with E-state index in [1.165, 1.54) is 19.2 Å². The lowest BCUT2D eigenvalue weighted by Crippen LogP contribution is -2.11. The summed E-state index contributed by atoms with van der Waals surface area (Å²) in [5.74, 6) is -0.331. The first-order chi connectivity index (χ1) is 14.5. The smallest absolute Gasteiger partial charge is 0.411 e. The molecule has 0 unspecified atom stereocenters. The summed E-state index contributed by atoms with van der Waals surface area (Å²) in [6.07, 6.45) is -0.540. The van der Waals surface area contributed by atoms with E-state index in [4.69, 9.17) is 0 Å². The highest BCUT2D eigenvalue weighted by Gasteiger charge is 2.14. The molecule has 1 heterocycles. The van der Waals surface area contributed by atoms with Crippen LogP contribution >= 0.6 is 0 Å². The van der Waals surface area contributed by atoms with E-state index in [0.717, 1.165) is 38.9 Å². The molecule has 1 aromatic heterocycles. The fourth-order valence-corrected chi connectivity index (χ4v) is 3.46. The number of hydrogen-bond acceptors (Lipinski definition) is 5. The molecular weight excluding hydrogens is 383 g/mol. The van der Waals surface area contributed by atoms with Gasteiger partial charge in [0.2, 0.25) is 0 Å². The van der Waals surface area contributed by atoms with Gasteiger partial charge in [0.05, 0.1) is 35.2 Å². The van der Waals surface area contributed by atoms with Crippen molar-refractivity contribution in [2.45, 2.75) is 6.92 Å². The third-order valence-corrected chi connectivity index (χ3v) is 4.95. The van der Waals surface area contributed by atoms with Gasteiger partial charge >= 0.3 is 6.09 Å². The predicted octanol–water partition coefficient (Wildman–Crippen LogP) is 5.80. The molecule has 7 heteroatoms. The minimum absolute atomic E-state index is 0.331. The number of anilines is 4. The molecule has 0 saturated heterocycles. The first-order valence-corrected chi connectivity index (χ1v) is 9.42. The largest absolute Gasteiger partial charge is 0.453 e. The van der Waals surface area contributed by atoms with Crippen molar-refractivity contribution in [3.63, 3.8) is 0 Å². The third-order valence-electron chi connectivity index (χ3n) is 4.95. The topological polar surface area (TPSA) is 75.3 Å². The van der Waals surface area contributed by atoms with Crippen LogP contribution < -0.4 is 16.0 Å². The Balaban J connectivity index is 1.87. The number of fused-ring (bicyclic) bond motifs is 2. The van der Waals surface area contributed by atoms with Crippen LogP contribution in [0.1, 0.15) is 5.56 Å². The van der Waals surface area contributed by atoms with Crippen LogP contribution in [0.4, 0.5) is 31.9 Å². The van der Waals surface area contributed by atoms with Gasteiger partial charge in [-0.05, 0) is 42.8 Å². The SMILES string of the molecule is CNc1cc(NC(=O)OC)ccc1Nc1c2ccc(F)cc2nc2c(C)cccc12. The summed E-state index contributed by atoms with van der Waals surface area (Å²) in [6.45, 7) is 1.98. The molecule has 0 fully saturated rings. The Morgan fingerprint density at radius 3 is 2.63 bits per heavy atom. The summed E-state index contributed by atoms with van der Waals surface area (Å²) in [4.78, 5) is 16.2. The Bertz CT molecular complexity index is 1270. The lowest BCUT2D eigenvalue weighted by atomic mass is 10.0. The lowest BCUT2D eigenvalue weighted by molar-refractivity contribution is 0.187. The molecule has 4 rings (SSSR count). The number of benzene rings is 3. The van der Waals surface area contributed by atoms with Crippen molar-refractivity contribution < 1.29 is 13.9 Å². The molecule has 4 aromatic rings. The van der Waals surface area contributed by atoms with E-state index in [0.29, 0.717) is 11.2 Å². The minimum atomic E-state index is -0.540. The van der Waals surface area contributed by atoms with E-state index in [-0.39, 0.29) is 5.82 Å². The highest BCUT2D eigenvalue weighted by molar-refractivity contribution is 6.10. The monoisotopic (exact) mass is 404 g/mol. The van der Waals surface area contributed by atoms with Gasteiger partial charge in [-0.15, -0.1) is 0 Å². The van der Waals surface area contributed by atoms with E-state index in [1.807, 2.05) is 31.2 Å². The van der Waals surface area contributed by atoms with Crippen LogP contribution in [-0.2, 0) is 4.74 Å². The highest BCUT2D eigenvalue weighted by atomic mass is 19.1. The molecule has 0 saturated carbocycles. The number of nitrogens with zero attached hydrogens (tertiary/aromatic N) is 1. The maximum Gasteiger partial charge on any atom is 0.411 e. The Kier molecular flexibility index (Phi) is 5.10. The van der Waals surface area contributed by atoms with Crippen LogP contribution in [0.5, 0.6) is 0 Å². The first kappa shape index (κ1) is 19.4. The maximum atomic E-state index is 13.9. The predicted molar refractivity (Wildman–Crippen MR) is 119 cm³/mol. The average Bonchev–Trinajstić information content (AvgIpc) is 2.74. The number of rotatable bonds is 4. The summed E-state index contributed by atoms with van der Waals surface area (Å²) in [5, 5.41) is 11.0. The minimum Gasteiger partial charge on any atom is -0.453 e. The van der Waals surface area contributed by atoms with Gasteiger partial charge in [0.15, 0.2) is 0 Å². The summed E-state index contributed by atoms with van der Waals surface area (Å²) in [5.41, 5.74) is 5.41. The number of methoxy groups -OCH3 is 1. The molecule has 0 radical (unpaired) electrons. The number of aryl methyl sites for hydroxylation is 1. The molecule has 0 aliphatic carbocycles. The van der Waals surface area contributed by atoms with Gasteiger partial charge in [-0.25, -0.2) is 14.2 Å². The van der Waals surface area contributed by atoms with Crippen LogP contribution in [0.2, 0.25) is 0 Å². The van der Waals surface area contributed by atoms with Gasteiger partial charge in [0, 0.05) is 29.6 Å². The fourth-order valence-electron chi connectivity index (χ4n) is 3.46. The molecule has 0 atom stereocenters. The molecule has 0 aliphatic heterocycles. The van der Waals surface area contributed by atoms with Gasteiger partial charge in [-0.1, -0.05) is 18.2 Å². The van der Waals surface area contributed by atoms with Crippen LogP contribution in [0.15, 0.2) is 54.6 Å². The molecular formula is C23H21FN4O2. The molecule has 1 amide bonds. The molecule has 0 aliphatic rings. The van der Waals surface area contributed by atoms with Crippen molar-refractivity contribution in [3.05, 3.63) is 66.0 Å². The second kappa shape index (κ2) is 7.87. The van der Waals surface area contributed by atoms with E-state index < -0.39 is 6.09 Å². The highest BCUT2D eigenvalue weighted by Crippen LogP contribution is 2.37. The number of hydrogen-bond donors (Lipinski definition) is 3. The molecule has 3 aromatic carbocycles. The van der Waals surface area contributed by atoms with Crippen molar-refractivity contribution in [2.24, 2.45) is 0 Å². The number of ether oxygens (including phenoxy) is 1. The maximum absolute atomic E-state index is 13.9. The summed E-state index contributed by atoms with van der Waals surface area (Å²) in [7, 11) is 3.11. The van der Waals surface area contributed by atoms with E-state index in [9.17, 15) is 9.18 Å². The number of nitrogens with one attached hydrogen (secondary N) is 3. The quantitative estimate of drug-likeness (QED) is 0.375. The number of aromatic nitrogens is 1. The molecule has 0 bridgehead atoms. The zero-order valence-corrected chi connectivity index (χ0v) is 16.8. The van der Waals surface area contributed by atoms with Crippen LogP contribution in [0.3, 0.4) is 0 Å². The van der Waals surface area contributed by atoms with Crippen molar-refractivity contribution in [1.29, 1.82) is 0 Å². The molecule has 152 valence electrons. The number of halogens is 1. The van der Waals surface area contributed by atoms with E-state index >= 15 is 0 Å². The van der Waals surface area contributed by atoms with Crippen molar-refractivity contribution in [3.8, 4) is 0 Å². The van der Waals surface area contributed by atoms with Crippen molar-refractivity contribution in [2.75, 3.05) is 30.1 Å². The van der Waals surface area contributed by atoms with E-state index in [2.05, 4.69) is 25.7 Å². The second-order valence-corrected chi connectivity index (χ2v) is 6.87. The number of amides is 1. The number of pyridine rings is 1. The summed E-state index contributed by atoms with van der Waals surface area (Å²) < 4.78 is 18.5. The Labute approximate surface area is 173 Å². The van der Waals surface area contributed by atoms with Crippen LogP contribution in [0, 0.1) is 12.7 Å². The lowest BCUT2D eigenvalue weighted by Gasteiger charge is -2.17. The Morgan fingerprint density at radius 1 is 1.03 bits per heavy atom. The van der Waals surface area contributed by atoms with Crippen LogP contribution in [-0.4, -0.2) is 25.2 Å².